The minimum Gasteiger partial charge on any atom is -0.393 e. The average Bonchev–Trinajstić information content (AvgIpc) is 2.87. The molecular weight excluding hydrogens is 152 g/mol. The smallest absolute Gasteiger partial charge is 0.0538 e. The fourth-order valence-corrected chi connectivity index (χ4v) is 1.16. The van der Waals surface area contributed by atoms with Crippen molar-refractivity contribution >= 4 is 0 Å². The molecule has 2 nitrogen and oxygen atoms in total. The summed E-state index contributed by atoms with van der Waals surface area (Å²) in [6.07, 6.45) is 5.36. The highest BCUT2D eigenvalue weighted by Gasteiger charge is 2.20. The highest BCUT2D eigenvalue weighted by atomic mass is 16.5. The maximum absolute atomic E-state index is 9.22. The van der Waals surface area contributed by atoms with Gasteiger partial charge in [0.1, 0.15) is 0 Å². The molecule has 1 fully saturated rings. The van der Waals surface area contributed by atoms with Crippen LogP contribution in [0.15, 0.2) is 0 Å². The third-order valence-corrected chi connectivity index (χ3v) is 2.35. The van der Waals surface area contributed by atoms with Gasteiger partial charge in [-0.15, -0.1) is 0 Å². The lowest BCUT2D eigenvalue weighted by Gasteiger charge is -2.07. The van der Waals surface area contributed by atoms with Gasteiger partial charge in [-0.25, -0.2) is 0 Å². The Kier molecular flexibility index (Phi) is 4.62. The Morgan fingerprint density at radius 3 is 2.83 bits per heavy atom. The van der Waals surface area contributed by atoms with Crippen LogP contribution in [0, 0.1) is 5.92 Å². The molecule has 12 heavy (non-hydrogen) atoms. The predicted molar refractivity (Wildman–Crippen MR) is 49.1 cm³/mol. The first-order valence-electron chi connectivity index (χ1n) is 5.08. The van der Waals surface area contributed by atoms with Crippen molar-refractivity contribution in [1.82, 2.24) is 0 Å². The summed E-state index contributed by atoms with van der Waals surface area (Å²) < 4.78 is 5.44. The van der Waals surface area contributed by atoms with Crippen LogP contribution in [0.3, 0.4) is 0 Å². The van der Waals surface area contributed by atoms with Gasteiger partial charge in [0.15, 0.2) is 0 Å². The molecule has 1 N–H and O–H groups in total. The topological polar surface area (TPSA) is 29.5 Å². The molecule has 0 aliphatic heterocycles. The maximum atomic E-state index is 9.22. The van der Waals surface area contributed by atoms with Gasteiger partial charge in [-0.3, -0.25) is 0 Å². The van der Waals surface area contributed by atoms with E-state index in [-0.39, 0.29) is 6.10 Å². The Bertz CT molecular complexity index is 110. The second kappa shape index (κ2) is 5.55. The molecule has 1 rings (SSSR count). The Balaban J connectivity index is 1.75. The standard InChI is InChI=1S/C10H20O2/c1-2-10(11)4-3-7-12-8-9-5-6-9/h9-11H,2-8H2,1H3. The van der Waals surface area contributed by atoms with E-state index >= 15 is 0 Å². The van der Waals surface area contributed by atoms with Crippen molar-refractivity contribution < 1.29 is 9.84 Å². The molecule has 2 heteroatoms. The number of hydrogen-bond acceptors (Lipinski definition) is 2. The van der Waals surface area contributed by atoms with E-state index in [9.17, 15) is 5.11 Å². The molecule has 0 aromatic carbocycles. The molecule has 0 saturated heterocycles. The molecule has 0 heterocycles. The Morgan fingerprint density at radius 1 is 1.50 bits per heavy atom. The lowest BCUT2D eigenvalue weighted by atomic mass is 10.1. The molecule has 0 spiro atoms. The highest BCUT2D eigenvalue weighted by Crippen LogP contribution is 2.28. The van der Waals surface area contributed by atoms with Gasteiger partial charge in [0.25, 0.3) is 0 Å². The van der Waals surface area contributed by atoms with Gasteiger partial charge in [0.05, 0.1) is 6.10 Å². The molecule has 1 aliphatic rings. The fraction of sp³-hybridized carbons (Fsp3) is 1.00. The lowest BCUT2D eigenvalue weighted by molar-refractivity contribution is 0.0991. The van der Waals surface area contributed by atoms with Crippen molar-refractivity contribution in [3.63, 3.8) is 0 Å². The van der Waals surface area contributed by atoms with Gasteiger partial charge in [-0.1, -0.05) is 6.92 Å². The van der Waals surface area contributed by atoms with E-state index in [1.54, 1.807) is 0 Å². The van der Waals surface area contributed by atoms with Crippen LogP contribution in [-0.2, 0) is 4.74 Å². The normalized spacial score (nSPS) is 19.5. The van der Waals surface area contributed by atoms with Crippen molar-refractivity contribution in [2.45, 2.75) is 45.1 Å². The molecule has 0 aromatic rings. The lowest BCUT2D eigenvalue weighted by Crippen LogP contribution is -2.06. The van der Waals surface area contributed by atoms with E-state index < -0.39 is 0 Å². The van der Waals surface area contributed by atoms with Gasteiger partial charge in [-0.2, -0.15) is 0 Å². The van der Waals surface area contributed by atoms with E-state index in [1.807, 2.05) is 6.92 Å². The second-order valence-corrected chi connectivity index (χ2v) is 3.72. The fourth-order valence-electron chi connectivity index (χ4n) is 1.16. The SMILES string of the molecule is CCC(O)CCCOCC1CC1. The number of hydrogen-bond donors (Lipinski definition) is 1. The molecule has 0 radical (unpaired) electrons. The molecular formula is C10H20O2. The molecule has 0 bridgehead atoms. The maximum Gasteiger partial charge on any atom is 0.0538 e. The summed E-state index contributed by atoms with van der Waals surface area (Å²) in [6.45, 7) is 3.78. The van der Waals surface area contributed by atoms with Crippen LogP contribution in [0.5, 0.6) is 0 Å². The van der Waals surface area contributed by atoms with Crippen LogP contribution in [0.25, 0.3) is 0 Å². The van der Waals surface area contributed by atoms with Crippen LogP contribution in [-0.4, -0.2) is 24.4 Å². The monoisotopic (exact) mass is 172 g/mol. The number of rotatable bonds is 7. The van der Waals surface area contributed by atoms with E-state index in [4.69, 9.17) is 4.74 Å². The summed E-state index contributed by atoms with van der Waals surface area (Å²) in [6, 6.07) is 0. The summed E-state index contributed by atoms with van der Waals surface area (Å²) in [5.41, 5.74) is 0. The zero-order valence-corrected chi connectivity index (χ0v) is 7.96. The first-order chi connectivity index (χ1) is 5.83. The second-order valence-electron chi connectivity index (χ2n) is 3.72. The zero-order chi connectivity index (χ0) is 8.81. The summed E-state index contributed by atoms with van der Waals surface area (Å²) >= 11 is 0. The first kappa shape index (κ1) is 10.0. The summed E-state index contributed by atoms with van der Waals surface area (Å²) in [5.74, 6) is 0.862. The van der Waals surface area contributed by atoms with Crippen molar-refractivity contribution in [3.05, 3.63) is 0 Å². The molecule has 72 valence electrons. The summed E-state index contributed by atoms with van der Waals surface area (Å²) in [4.78, 5) is 0. The quantitative estimate of drug-likeness (QED) is 0.595. The number of aliphatic hydroxyl groups excluding tert-OH is 1. The largest absolute Gasteiger partial charge is 0.393 e. The first-order valence-corrected chi connectivity index (χ1v) is 5.08. The Labute approximate surface area is 74.9 Å². The summed E-state index contributed by atoms with van der Waals surface area (Å²) in [7, 11) is 0. The van der Waals surface area contributed by atoms with Crippen molar-refractivity contribution in [3.8, 4) is 0 Å². The highest BCUT2D eigenvalue weighted by molar-refractivity contribution is 4.71. The molecule has 1 aliphatic carbocycles. The third-order valence-electron chi connectivity index (χ3n) is 2.35. The van der Waals surface area contributed by atoms with Crippen LogP contribution < -0.4 is 0 Å². The Morgan fingerprint density at radius 2 is 2.25 bits per heavy atom. The van der Waals surface area contributed by atoms with Crippen LogP contribution in [0.1, 0.15) is 39.0 Å². The van der Waals surface area contributed by atoms with Crippen LogP contribution in [0.2, 0.25) is 0 Å². The minimum atomic E-state index is -0.116. The molecule has 1 unspecified atom stereocenters. The number of aliphatic hydroxyl groups is 1. The van der Waals surface area contributed by atoms with E-state index in [0.29, 0.717) is 0 Å². The van der Waals surface area contributed by atoms with Crippen molar-refractivity contribution in [2.24, 2.45) is 5.92 Å². The van der Waals surface area contributed by atoms with E-state index in [2.05, 4.69) is 0 Å². The van der Waals surface area contributed by atoms with Gasteiger partial charge >= 0.3 is 0 Å². The third kappa shape index (κ3) is 4.73. The minimum absolute atomic E-state index is 0.116. The van der Waals surface area contributed by atoms with Crippen LogP contribution >= 0.6 is 0 Å². The molecule has 1 atom stereocenters. The van der Waals surface area contributed by atoms with Gasteiger partial charge in [-0.05, 0) is 38.0 Å². The molecule has 0 amide bonds. The van der Waals surface area contributed by atoms with Gasteiger partial charge in [0.2, 0.25) is 0 Å². The van der Waals surface area contributed by atoms with E-state index in [0.717, 1.165) is 38.4 Å². The number of ether oxygens (including phenoxy) is 1. The van der Waals surface area contributed by atoms with Crippen molar-refractivity contribution in [1.29, 1.82) is 0 Å². The molecule has 0 aromatic heterocycles. The van der Waals surface area contributed by atoms with E-state index in [1.165, 1.54) is 12.8 Å². The van der Waals surface area contributed by atoms with Crippen molar-refractivity contribution in [2.75, 3.05) is 13.2 Å². The van der Waals surface area contributed by atoms with Crippen LogP contribution in [0.4, 0.5) is 0 Å². The average molecular weight is 172 g/mol. The predicted octanol–water partition coefficient (Wildman–Crippen LogP) is 1.96. The summed E-state index contributed by atoms with van der Waals surface area (Å²) in [5, 5.41) is 9.22. The molecule has 1 saturated carbocycles. The Hall–Kier alpha value is -0.0800. The van der Waals surface area contributed by atoms with Gasteiger partial charge < -0.3 is 9.84 Å². The van der Waals surface area contributed by atoms with Gasteiger partial charge in [0, 0.05) is 13.2 Å². The zero-order valence-electron chi connectivity index (χ0n) is 7.96.